The van der Waals surface area contributed by atoms with E-state index >= 15 is 0 Å². The van der Waals surface area contributed by atoms with E-state index in [0.717, 1.165) is 12.2 Å². The van der Waals surface area contributed by atoms with Gasteiger partial charge in [0.25, 0.3) is 0 Å². The van der Waals surface area contributed by atoms with E-state index in [9.17, 15) is 9.90 Å². The summed E-state index contributed by atoms with van der Waals surface area (Å²) in [5.41, 5.74) is 0.467. The van der Waals surface area contributed by atoms with Gasteiger partial charge in [-0.15, -0.1) is 0 Å². The SMILES string of the molecule is CN(C)CCn1cc(O)c(=O)cc1CN(C)CCO. The molecule has 0 aromatic carbocycles. The van der Waals surface area contributed by atoms with Crippen LogP contribution in [0.2, 0.25) is 0 Å². The van der Waals surface area contributed by atoms with Gasteiger partial charge in [-0.3, -0.25) is 9.69 Å². The molecule has 0 atom stereocenters. The Hall–Kier alpha value is -1.37. The van der Waals surface area contributed by atoms with E-state index in [-0.39, 0.29) is 17.8 Å². The molecule has 6 nitrogen and oxygen atoms in total. The number of hydrogen-bond donors (Lipinski definition) is 2. The lowest BCUT2D eigenvalue weighted by molar-refractivity contribution is 0.213. The van der Waals surface area contributed by atoms with Gasteiger partial charge in [0.2, 0.25) is 5.43 Å². The Kier molecular flexibility index (Phi) is 6.01. The summed E-state index contributed by atoms with van der Waals surface area (Å²) in [7, 11) is 5.82. The van der Waals surface area contributed by atoms with Gasteiger partial charge in [-0.05, 0) is 21.1 Å². The molecule has 0 saturated heterocycles. The van der Waals surface area contributed by atoms with Crippen LogP contribution in [0.4, 0.5) is 0 Å². The molecule has 1 aromatic heterocycles. The minimum Gasteiger partial charge on any atom is -0.503 e. The predicted molar refractivity (Wildman–Crippen MR) is 74.3 cm³/mol. The van der Waals surface area contributed by atoms with Gasteiger partial charge in [0.05, 0.1) is 12.8 Å². The van der Waals surface area contributed by atoms with Gasteiger partial charge in [0.15, 0.2) is 5.75 Å². The molecule has 0 radical (unpaired) electrons. The lowest BCUT2D eigenvalue weighted by Gasteiger charge is -2.20. The fourth-order valence-electron chi connectivity index (χ4n) is 1.78. The molecule has 0 aliphatic rings. The molecule has 0 spiro atoms. The molecule has 6 heteroatoms. The minimum absolute atomic E-state index is 0.0799. The van der Waals surface area contributed by atoms with Gasteiger partial charge in [0.1, 0.15) is 0 Å². The van der Waals surface area contributed by atoms with Crippen molar-refractivity contribution in [1.29, 1.82) is 0 Å². The average molecular weight is 269 g/mol. The molecule has 0 saturated carbocycles. The number of aliphatic hydroxyl groups is 1. The molecule has 0 aliphatic carbocycles. The van der Waals surface area contributed by atoms with Crippen LogP contribution in [0.25, 0.3) is 0 Å². The molecule has 0 unspecified atom stereocenters. The number of aromatic nitrogens is 1. The van der Waals surface area contributed by atoms with Crippen molar-refractivity contribution in [3.05, 3.63) is 28.2 Å². The van der Waals surface area contributed by atoms with Crippen LogP contribution in [0, 0.1) is 0 Å². The summed E-state index contributed by atoms with van der Waals surface area (Å²) < 4.78 is 1.88. The molecule has 0 aliphatic heterocycles. The molecule has 1 aromatic rings. The number of aliphatic hydroxyl groups excluding tert-OH is 1. The zero-order valence-electron chi connectivity index (χ0n) is 11.8. The van der Waals surface area contributed by atoms with Gasteiger partial charge < -0.3 is 19.7 Å². The Balaban J connectivity index is 2.92. The van der Waals surface area contributed by atoms with Crippen LogP contribution >= 0.6 is 0 Å². The average Bonchev–Trinajstić information content (AvgIpc) is 2.32. The molecule has 19 heavy (non-hydrogen) atoms. The van der Waals surface area contributed by atoms with Gasteiger partial charge in [-0.2, -0.15) is 0 Å². The standard InChI is InChI=1S/C13H23N3O3/c1-14(2)4-5-16-10-13(19)12(18)8-11(16)9-15(3)6-7-17/h8,10,17,19H,4-7,9H2,1-3H3. The third-order valence-corrected chi connectivity index (χ3v) is 2.90. The highest BCUT2D eigenvalue weighted by atomic mass is 16.3. The molecule has 0 amide bonds. The van der Waals surface area contributed by atoms with E-state index in [0.29, 0.717) is 19.6 Å². The van der Waals surface area contributed by atoms with Crippen molar-refractivity contribution >= 4 is 0 Å². The number of rotatable bonds is 7. The smallest absolute Gasteiger partial charge is 0.223 e. The van der Waals surface area contributed by atoms with E-state index in [1.807, 2.05) is 35.5 Å². The normalized spacial score (nSPS) is 11.5. The maximum absolute atomic E-state index is 11.5. The third-order valence-electron chi connectivity index (χ3n) is 2.90. The van der Waals surface area contributed by atoms with Crippen molar-refractivity contribution in [3.63, 3.8) is 0 Å². The van der Waals surface area contributed by atoms with Crippen LogP contribution in [0.15, 0.2) is 17.1 Å². The Bertz CT molecular complexity index is 457. The third kappa shape index (κ3) is 5.02. The summed E-state index contributed by atoms with van der Waals surface area (Å²) in [5.74, 6) is -0.229. The van der Waals surface area contributed by atoms with Gasteiger partial charge >= 0.3 is 0 Å². The van der Waals surface area contributed by atoms with Crippen molar-refractivity contribution in [2.45, 2.75) is 13.1 Å². The van der Waals surface area contributed by atoms with Crippen molar-refractivity contribution in [2.75, 3.05) is 40.8 Å². The second-order valence-corrected chi connectivity index (χ2v) is 4.97. The summed E-state index contributed by atoms with van der Waals surface area (Å²) in [6.07, 6.45) is 1.48. The van der Waals surface area contributed by atoms with Gasteiger partial charge in [-0.1, -0.05) is 0 Å². The predicted octanol–water partition coefficient (Wildman–Crippen LogP) is -0.460. The number of likely N-dealkylation sites (N-methyl/N-ethyl adjacent to an activating group) is 2. The van der Waals surface area contributed by atoms with Crippen LogP contribution in [0.3, 0.4) is 0 Å². The highest BCUT2D eigenvalue weighted by Gasteiger charge is 2.08. The first kappa shape index (κ1) is 15.7. The van der Waals surface area contributed by atoms with E-state index in [1.54, 1.807) is 0 Å². The van der Waals surface area contributed by atoms with E-state index in [1.165, 1.54) is 12.3 Å². The highest BCUT2D eigenvalue weighted by molar-refractivity contribution is 5.20. The summed E-state index contributed by atoms with van der Waals surface area (Å²) in [4.78, 5) is 15.5. The van der Waals surface area contributed by atoms with E-state index in [4.69, 9.17) is 5.11 Å². The Morgan fingerprint density at radius 1 is 1.26 bits per heavy atom. The van der Waals surface area contributed by atoms with Crippen molar-refractivity contribution < 1.29 is 10.2 Å². The lowest BCUT2D eigenvalue weighted by Crippen LogP contribution is -2.27. The highest BCUT2D eigenvalue weighted by Crippen LogP contribution is 2.07. The second kappa shape index (κ2) is 7.28. The number of hydrogen-bond acceptors (Lipinski definition) is 5. The maximum Gasteiger partial charge on any atom is 0.223 e. The van der Waals surface area contributed by atoms with Crippen LogP contribution < -0.4 is 5.43 Å². The van der Waals surface area contributed by atoms with Crippen molar-refractivity contribution in [2.24, 2.45) is 0 Å². The largest absolute Gasteiger partial charge is 0.503 e. The molecule has 0 bridgehead atoms. The molecule has 108 valence electrons. The van der Waals surface area contributed by atoms with Gasteiger partial charge in [-0.25, -0.2) is 0 Å². The fraction of sp³-hybridized carbons (Fsp3) is 0.615. The zero-order valence-corrected chi connectivity index (χ0v) is 11.8. The molecular weight excluding hydrogens is 246 g/mol. The van der Waals surface area contributed by atoms with Gasteiger partial charge in [0, 0.05) is 37.9 Å². The fourth-order valence-corrected chi connectivity index (χ4v) is 1.78. The van der Waals surface area contributed by atoms with E-state index in [2.05, 4.69) is 0 Å². The topological polar surface area (TPSA) is 68.9 Å². The monoisotopic (exact) mass is 269 g/mol. The lowest BCUT2D eigenvalue weighted by atomic mass is 10.3. The van der Waals surface area contributed by atoms with Crippen LogP contribution in [-0.2, 0) is 13.1 Å². The Morgan fingerprint density at radius 2 is 1.95 bits per heavy atom. The Morgan fingerprint density at radius 3 is 2.53 bits per heavy atom. The summed E-state index contributed by atoms with van der Waals surface area (Å²) >= 11 is 0. The quantitative estimate of drug-likeness (QED) is 0.701. The van der Waals surface area contributed by atoms with Crippen LogP contribution in [0.5, 0.6) is 5.75 Å². The molecule has 1 heterocycles. The molecule has 1 rings (SSSR count). The van der Waals surface area contributed by atoms with E-state index < -0.39 is 0 Å². The molecule has 2 N–H and O–H groups in total. The second-order valence-electron chi connectivity index (χ2n) is 4.97. The number of nitrogens with zero attached hydrogens (tertiary/aromatic N) is 3. The first-order valence-corrected chi connectivity index (χ1v) is 6.30. The summed E-state index contributed by atoms with van der Waals surface area (Å²) in [5, 5.41) is 18.4. The Labute approximate surface area is 113 Å². The van der Waals surface area contributed by atoms with Crippen molar-refractivity contribution in [1.82, 2.24) is 14.4 Å². The summed E-state index contributed by atoms with van der Waals surface area (Å²) in [6.45, 7) is 2.70. The molecule has 0 fully saturated rings. The first-order valence-electron chi connectivity index (χ1n) is 6.30. The number of aromatic hydroxyl groups is 1. The van der Waals surface area contributed by atoms with Crippen LogP contribution in [-0.4, -0.2) is 65.4 Å². The van der Waals surface area contributed by atoms with Crippen LogP contribution in [0.1, 0.15) is 5.69 Å². The maximum atomic E-state index is 11.5. The first-order chi connectivity index (χ1) is 8.93. The van der Waals surface area contributed by atoms with Crippen molar-refractivity contribution in [3.8, 4) is 5.75 Å². The summed E-state index contributed by atoms with van der Waals surface area (Å²) in [6, 6.07) is 1.46. The minimum atomic E-state index is -0.367. The number of pyridine rings is 1. The molecular formula is C13H23N3O3. The zero-order chi connectivity index (χ0) is 14.4.